The highest BCUT2D eigenvalue weighted by molar-refractivity contribution is 7.99. The van der Waals surface area contributed by atoms with Crippen molar-refractivity contribution in [2.24, 2.45) is 0 Å². The molecule has 2 heterocycles. The van der Waals surface area contributed by atoms with Gasteiger partial charge in [0.2, 0.25) is 11.8 Å². The van der Waals surface area contributed by atoms with Gasteiger partial charge in [0.25, 0.3) is 0 Å². The normalized spacial score (nSPS) is 18.7. The van der Waals surface area contributed by atoms with Crippen LogP contribution in [0, 0.1) is 0 Å². The summed E-state index contributed by atoms with van der Waals surface area (Å²) < 4.78 is 0. The van der Waals surface area contributed by atoms with Crippen LogP contribution in [0.15, 0.2) is 29.4 Å². The van der Waals surface area contributed by atoms with E-state index in [9.17, 15) is 9.59 Å². The zero-order chi connectivity index (χ0) is 16.2. The van der Waals surface area contributed by atoms with Gasteiger partial charge in [-0.1, -0.05) is 17.8 Å². The Morgan fingerprint density at radius 3 is 2.48 bits per heavy atom. The molecule has 1 aliphatic carbocycles. The molecule has 2 aliphatic rings. The van der Waals surface area contributed by atoms with E-state index in [2.05, 4.69) is 9.88 Å². The molecule has 2 amide bonds. The van der Waals surface area contributed by atoms with Crippen LogP contribution in [0.2, 0.25) is 0 Å². The zero-order valence-electron chi connectivity index (χ0n) is 13.5. The molecule has 0 atom stereocenters. The van der Waals surface area contributed by atoms with Crippen molar-refractivity contribution in [1.29, 1.82) is 0 Å². The average molecular weight is 333 g/mol. The average Bonchev–Trinajstić information content (AvgIpc) is 3.39. The second kappa shape index (κ2) is 7.34. The summed E-state index contributed by atoms with van der Waals surface area (Å²) in [7, 11) is 0. The number of hydrogen-bond acceptors (Lipinski definition) is 4. The minimum Gasteiger partial charge on any atom is -0.343 e. The second-order valence-corrected chi connectivity index (χ2v) is 7.22. The van der Waals surface area contributed by atoms with Crippen LogP contribution in [0.4, 0.5) is 0 Å². The number of carbonyl (C=O) groups is 2. The first kappa shape index (κ1) is 16.3. The highest BCUT2D eigenvalue weighted by Gasteiger charge is 2.38. The Morgan fingerprint density at radius 1 is 1.22 bits per heavy atom. The fourth-order valence-corrected chi connectivity index (χ4v) is 3.89. The highest BCUT2D eigenvalue weighted by atomic mass is 32.2. The van der Waals surface area contributed by atoms with Gasteiger partial charge in [0.15, 0.2) is 0 Å². The molecule has 0 radical (unpaired) electrons. The van der Waals surface area contributed by atoms with Crippen LogP contribution in [0.1, 0.15) is 32.6 Å². The summed E-state index contributed by atoms with van der Waals surface area (Å²) >= 11 is 1.50. The van der Waals surface area contributed by atoms with Gasteiger partial charge in [-0.05, 0) is 37.8 Å². The summed E-state index contributed by atoms with van der Waals surface area (Å²) in [6, 6.07) is 6.46. The Balaban J connectivity index is 1.56. The van der Waals surface area contributed by atoms with E-state index in [-0.39, 0.29) is 17.9 Å². The van der Waals surface area contributed by atoms with Gasteiger partial charge >= 0.3 is 0 Å². The summed E-state index contributed by atoms with van der Waals surface area (Å²) in [6.07, 6.45) is 5.79. The molecule has 1 saturated carbocycles. The van der Waals surface area contributed by atoms with Crippen molar-refractivity contribution in [2.45, 2.75) is 49.7 Å². The number of thioether (sulfide) groups is 1. The van der Waals surface area contributed by atoms with Crippen LogP contribution in [0.25, 0.3) is 0 Å². The van der Waals surface area contributed by atoms with E-state index in [0.717, 1.165) is 43.8 Å². The first-order valence-electron chi connectivity index (χ1n) is 8.25. The van der Waals surface area contributed by atoms with E-state index in [0.29, 0.717) is 11.8 Å². The van der Waals surface area contributed by atoms with Gasteiger partial charge < -0.3 is 9.80 Å². The molecule has 1 aliphatic heterocycles. The maximum absolute atomic E-state index is 12.7. The summed E-state index contributed by atoms with van der Waals surface area (Å²) in [5.74, 6) is 0.795. The molecule has 1 aromatic rings. The number of rotatable bonds is 5. The van der Waals surface area contributed by atoms with E-state index in [4.69, 9.17) is 0 Å². The van der Waals surface area contributed by atoms with Gasteiger partial charge in [-0.25, -0.2) is 4.98 Å². The standard InChI is InChI=1S/C17H23N3O2S/c1-13(21)19-10-7-15(8-11-19)20(14-5-6-14)17(22)12-23-16-4-2-3-9-18-16/h2-4,9,14-15H,5-8,10-12H2,1H3. The third-order valence-corrected chi connectivity index (χ3v) is 5.44. The fraction of sp³-hybridized carbons (Fsp3) is 0.588. The molecule has 1 saturated heterocycles. The molecule has 0 unspecified atom stereocenters. The molecular weight excluding hydrogens is 310 g/mol. The Morgan fingerprint density at radius 2 is 1.91 bits per heavy atom. The topological polar surface area (TPSA) is 53.5 Å². The Labute approximate surface area is 141 Å². The number of piperidine rings is 1. The minimum absolute atomic E-state index is 0.137. The molecule has 0 spiro atoms. The Kier molecular flexibility index (Phi) is 5.20. The van der Waals surface area contributed by atoms with E-state index in [1.807, 2.05) is 23.1 Å². The van der Waals surface area contributed by atoms with E-state index in [1.165, 1.54) is 11.8 Å². The zero-order valence-corrected chi connectivity index (χ0v) is 14.3. The smallest absolute Gasteiger partial charge is 0.233 e. The van der Waals surface area contributed by atoms with Gasteiger partial charge in [-0.3, -0.25) is 9.59 Å². The van der Waals surface area contributed by atoms with Crippen molar-refractivity contribution in [3.05, 3.63) is 24.4 Å². The maximum Gasteiger partial charge on any atom is 0.233 e. The molecule has 0 bridgehead atoms. The van der Waals surface area contributed by atoms with E-state index >= 15 is 0 Å². The third kappa shape index (κ3) is 4.25. The maximum atomic E-state index is 12.7. The van der Waals surface area contributed by atoms with E-state index < -0.39 is 0 Å². The molecule has 1 aromatic heterocycles. The largest absolute Gasteiger partial charge is 0.343 e. The van der Waals surface area contributed by atoms with Crippen LogP contribution in [-0.4, -0.2) is 57.5 Å². The summed E-state index contributed by atoms with van der Waals surface area (Å²) in [5.41, 5.74) is 0. The number of amides is 2. The van der Waals surface area contributed by atoms with Crippen molar-refractivity contribution in [1.82, 2.24) is 14.8 Å². The number of hydrogen-bond donors (Lipinski definition) is 0. The van der Waals surface area contributed by atoms with Crippen molar-refractivity contribution in [3.8, 4) is 0 Å². The number of carbonyl (C=O) groups excluding carboxylic acids is 2. The van der Waals surface area contributed by atoms with Crippen LogP contribution in [0.5, 0.6) is 0 Å². The first-order chi connectivity index (χ1) is 11.1. The van der Waals surface area contributed by atoms with Crippen LogP contribution >= 0.6 is 11.8 Å². The molecule has 124 valence electrons. The lowest BCUT2D eigenvalue weighted by molar-refractivity contribution is -0.134. The minimum atomic E-state index is 0.137. The van der Waals surface area contributed by atoms with Gasteiger partial charge in [-0.2, -0.15) is 0 Å². The van der Waals surface area contributed by atoms with Gasteiger partial charge in [0.1, 0.15) is 0 Å². The monoisotopic (exact) mass is 333 g/mol. The quantitative estimate of drug-likeness (QED) is 0.775. The number of aromatic nitrogens is 1. The van der Waals surface area contributed by atoms with Crippen molar-refractivity contribution in [3.63, 3.8) is 0 Å². The number of likely N-dealkylation sites (tertiary alicyclic amines) is 1. The fourth-order valence-electron chi connectivity index (χ4n) is 3.16. The lowest BCUT2D eigenvalue weighted by Crippen LogP contribution is -2.49. The molecule has 23 heavy (non-hydrogen) atoms. The van der Waals surface area contributed by atoms with Crippen LogP contribution in [-0.2, 0) is 9.59 Å². The van der Waals surface area contributed by atoms with Crippen molar-refractivity contribution < 1.29 is 9.59 Å². The highest BCUT2D eigenvalue weighted by Crippen LogP contribution is 2.33. The third-order valence-electron chi connectivity index (χ3n) is 4.51. The molecule has 0 aromatic carbocycles. The lowest BCUT2D eigenvalue weighted by atomic mass is 10.0. The summed E-state index contributed by atoms with van der Waals surface area (Å²) in [5, 5.41) is 0.892. The number of pyridine rings is 1. The molecule has 3 rings (SSSR count). The summed E-state index contributed by atoms with van der Waals surface area (Å²) in [6.45, 7) is 3.15. The van der Waals surface area contributed by atoms with Crippen LogP contribution in [0.3, 0.4) is 0 Å². The van der Waals surface area contributed by atoms with Crippen molar-refractivity contribution >= 4 is 23.6 Å². The van der Waals surface area contributed by atoms with Gasteiger partial charge in [0.05, 0.1) is 10.8 Å². The molecule has 5 nitrogen and oxygen atoms in total. The SMILES string of the molecule is CC(=O)N1CCC(N(C(=O)CSc2ccccn2)C2CC2)CC1. The predicted octanol–water partition coefficient (Wildman–Crippen LogP) is 2.18. The lowest BCUT2D eigenvalue weighted by Gasteiger charge is -2.38. The predicted molar refractivity (Wildman–Crippen MR) is 90.1 cm³/mol. The number of nitrogens with zero attached hydrogens (tertiary/aromatic N) is 3. The van der Waals surface area contributed by atoms with Crippen molar-refractivity contribution in [2.75, 3.05) is 18.8 Å². The van der Waals surface area contributed by atoms with Gasteiger partial charge in [0, 0.05) is 38.3 Å². The van der Waals surface area contributed by atoms with Crippen LogP contribution < -0.4 is 0 Å². The molecular formula is C17H23N3O2S. The second-order valence-electron chi connectivity index (χ2n) is 6.23. The molecule has 2 fully saturated rings. The molecule has 6 heteroatoms. The van der Waals surface area contributed by atoms with Gasteiger partial charge in [-0.15, -0.1) is 0 Å². The molecule has 0 N–H and O–H groups in total. The first-order valence-corrected chi connectivity index (χ1v) is 9.24. The van der Waals surface area contributed by atoms with E-state index in [1.54, 1.807) is 13.1 Å². The Hall–Kier alpha value is -1.56. The Bertz CT molecular complexity index is 554. The summed E-state index contributed by atoms with van der Waals surface area (Å²) in [4.78, 5) is 32.4.